The zero-order chi connectivity index (χ0) is 12.2. The highest BCUT2D eigenvalue weighted by molar-refractivity contribution is 5.28. The van der Waals surface area contributed by atoms with Gasteiger partial charge in [0.2, 0.25) is 5.95 Å². The van der Waals surface area contributed by atoms with Gasteiger partial charge < -0.3 is 5.32 Å². The van der Waals surface area contributed by atoms with Crippen molar-refractivity contribution in [1.82, 2.24) is 9.97 Å². The summed E-state index contributed by atoms with van der Waals surface area (Å²) in [5.74, 6) is 0.337. The Labute approximate surface area is 91.4 Å². The predicted octanol–water partition coefficient (Wildman–Crippen LogP) is 2.62. The molecule has 0 spiro atoms. The van der Waals surface area contributed by atoms with Crippen molar-refractivity contribution < 1.29 is 13.2 Å². The van der Waals surface area contributed by atoms with Crippen LogP contribution < -0.4 is 5.32 Å². The third-order valence-electron chi connectivity index (χ3n) is 1.67. The van der Waals surface area contributed by atoms with E-state index in [1.54, 1.807) is 19.9 Å². The van der Waals surface area contributed by atoms with Crippen molar-refractivity contribution in [3.05, 3.63) is 29.6 Å². The number of anilines is 1. The SMILES string of the molecule is Cc1cc(C)nc(NCC=CC(F)(F)F)n1. The largest absolute Gasteiger partial charge is 0.409 e. The molecule has 0 aromatic carbocycles. The minimum absolute atomic E-state index is 0.0441. The zero-order valence-electron chi connectivity index (χ0n) is 8.97. The van der Waals surface area contributed by atoms with Gasteiger partial charge in [0.25, 0.3) is 0 Å². The highest BCUT2D eigenvalue weighted by Gasteiger charge is 2.21. The molecule has 3 nitrogen and oxygen atoms in total. The molecule has 0 saturated carbocycles. The first-order chi connectivity index (χ1) is 7.37. The molecule has 0 aliphatic heterocycles. The van der Waals surface area contributed by atoms with Crippen molar-refractivity contribution in [2.45, 2.75) is 20.0 Å². The van der Waals surface area contributed by atoms with Crippen molar-refractivity contribution in [3.63, 3.8) is 0 Å². The van der Waals surface area contributed by atoms with Gasteiger partial charge >= 0.3 is 6.18 Å². The third-order valence-corrected chi connectivity index (χ3v) is 1.67. The Morgan fingerprint density at radius 2 is 1.81 bits per heavy atom. The van der Waals surface area contributed by atoms with Gasteiger partial charge in [0.1, 0.15) is 0 Å². The monoisotopic (exact) mass is 231 g/mol. The van der Waals surface area contributed by atoms with Crippen molar-refractivity contribution in [2.24, 2.45) is 0 Å². The fourth-order valence-corrected chi connectivity index (χ4v) is 1.15. The molecule has 1 aromatic heterocycles. The molecule has 0 amide bonds. The van der Waals surface area contributed by atoms with Gasteiger partial charge in [-0.3, -0.25) is 0 Å². The summed E-state index contributed by atoms with van der Waals surface area (Å²) < 4.78 is 35.3. The summed E-state index contributed by atoms with van der Waals surface area (Å²) in [5.41, 5.74) is 1.55. The highest BCUT2D eigenvalue weighted by Crippen LogP contribution is 2.15. The molecule has 1 rings (SSSR count). The molecular weight excluding hydrogens is 219 g/mol. The summed E-state index contributed by atoms with van der Waals surface area (Å²) in [6, 6.07) is 1.79. The summed E-state index contributed by atoms with van der Waals surface area (Å²) in [6.07, 6.45) is -3.10. The van der Waals surface area contributed by atoms with Gasteiger partial charge in [0.15, 0.2) is 0 Å². The van der Waals surface area contributed by atoms with Crippen LogP contribution in [-0.4, -0.2) is 22.7 Å². The normalized spacial score (nSPS) is 12.1. The lowest BCUT2D eigenvalue weighted by molar-refractivity contribution is -0.0799. The number of hydrogen-bond donors (Lipinski definition) is 1. The average molecular weight is 231 g/mol. The standard InChI is InChI=1S/C10H12F3N3/c1-7-6-8(2)16-9(15-7)14-5-3-4-10(11,12)13/h3-4,6H,5H2,1-2H3,(H,14,15,16). The van der Waals surface area contributed by atoms with Crippen LogP contribution >= 0.6 is 0 Å². The minimum atomic E-state index is -4.27. The predicted molar refractivity (Wildman–Crippen MR) is 55.2 cm³/mol. The first-order valence-corrected chi connectivity index (χ1v) is 4.67. The van der Waals surface area contributed by atoms with E-state index in [1.165, 1.54) is 0 Å². The number of rotatable bonds is 3. The Bertz CT molecular complexity index is 365. The molecule has 0 fully saturated rings. The van der Waals surface area contributed by atoms with E-state index in [2.05, 4.69) is 15.3 Å². The topological polar surface area (TPSA) is 37.8 Å². The number of halogens is 3. The highest BCUT2D eigenvalue weighted by atomic mass is 19.4. The lowest BCUT2D eigenvalue weighted by Gasteiger charge is -2.04. The molecule has 1 heterocycles. The molecule has 88 valence electrons. The fourth-order valence-electron chi connectivity index (χ4n) is 1.15. The van der Waals surface area contributed by atoms with Gasteiger partial charge in [-0.15, -0.1) is 0 Å². The second-order valence-electron chi connectivity index (χ2n) is 3.30. The Hall–Kier alpha value is -1.59. The van der Waals surface area contributed by atoms with Crippen LogP contribution in [0.2, 0.25) is 0 Å². The summed E-state index contributed by atoms with van der Waals surface area (Å²) in [7, 11) is 0. The third kappa shape index (κ3) is 4.77. The number of aromatic nitrogens is 2. The van der Waals surface area contributed by atoms with E-state index in [0.717, 1.165) is 17.5 Å². The van der Waals surface area contributed by atoms with Crippen molar-refractivity contribution in [1.29, 1.82) is 0 Å². The molecule has 0 atom stereocenters. The van der Waals surface area contributed by atoms with Gasteiger partial charge in [-0.1, -0.05) is 6.08 Å². The van der Waals surface area contributed by atoms with E-state index in [9.17, 15) is 13.2 Å². The maximum absolute atomic E-state index is 11.8. The molecular formula is C10H12F3N3. The number of allylic oxidation sites excluding steroid dienone is 1. The van der Waals surface area contributed by atoms with E-state index in [-0.39, 0.29) is 12.6 Å². The van der Waals surface area contributed by atoms with E-state index >= 15 is 0 Å². The summed E-state index contributed by atoms with van der Waals surface area (Å²) in [6.45, 7) is 3.64. The number of aryl methyl sites for hydroxylation is 2. The van der Waals surface area contributed by atoms with Crippen LogP contribution in [0.5, 0.6) is 0 Å². The molecule has 0 unspecified atom stereocenters. The second kappa shape index (κ2) is 4.96. The fraction of sp³-hybridized carbons (Fsp3) is 0.400. The Balaban J connectivity index is 2.52. The minimum Gasteiger partial charge on any atom is -0.351 e. The van der Waals surface area contributed by atoms with E-state index in [4.69, 9.17) is 0 Å². The van der Waals surface area contributed by atoms with Gasteiger partial charge in [0, 0.05) is 24.0 Å². The zero-order valence-corrected chi connectivity index (χ0v) is 8.97. The second-order valence-corrected chi connectivity index (χ2v) is 3.30. The Kier molecular flexibility index (Phi) is 3.87. The van der Waals surface area contributed by atoms with Crippen LogP contribution in [0.4, 0.5) is 19.1 Å². The number of nitrogens with zero attached hydrogens (tertiary/aromatic N) is 2. The average Bonchev–Trinajstić information content (AvgIpc) is 2.09. The number of alkyl halides is 3. The first-order valence-electron chi connectivity index (χ1n) is 4.67. The van der Waals surface area contributed by atoms with Crippen LogP contribution in [-0.2, 0) is 0 Å². The first kappa shape index (κ1) is 12.5. The van der Waals surface area contributed by atoms with E-state index in [0.29, 0.717) is 5.95 Å². The molecule has 0 aliphatic rings. The van der Waals surface area contributed by atoms with Crippen LogP contribution in [0, 0.1) is 13.8 Å². The molecule has 0 aliphatic carbocycles. The lowest BCUT2D eigenvalue weighted by atomic mass is 10.3. The Morgan fingerprint density at radius 3 is 2.31 bits per heavy atom. The van der Waals surface area contributed by atoms with Crippen molar-refractivity contribution in [3.8, 4) is 0 Å². The van der Waals surface area contributed by atoms with Crippen molar-refractivity contribution in [2.75, 3.05) is 11.9 Å². The van der Waals surface area contributed by atoms with Crippen LogP contribution in [0.3, 0.4) is 0 Å². The Morgan fingerprint density at radius 1 is 1.25 bits per heavy atom. The van der Waals surface area contributed by atoms with Gasteiger partial charge in [0.05, 0.1) is 0 Å². The molecule has 1 N–H and O–H groups in total. The summed E-state index contributed by atoms with van der Waals surface area (Å²) in [4.78, 5) is 8.06. The molecule has 6 heteroatoms. The van der Waals surface area contributed by atoms with Crippen LogP contribution in [0.25, 0.3) is 0 Å². The summed E-state index contributed by atoms with van der Waals surface area (Å²) in [5, 5.41) is 2.69. The maximum Gasteiger partial charge on any atom is 0.409 e. The molecule has 0 saturated heterocycles. The lowest BCUT2D eigenvalue weighted by Crippen LogP contribution is -2.07. The van der Waals surface area contributed by atoms with E-state index < -0.39 is 6.18 Å². The molecule has 16 heavy (non-hydrogen) atoms. The van der Waals surface area contributed by atoms with Crippen molar-refractivity contribution >= 4 is 5.95 Å². The van der Waals surface area contributed by atoms with Crippen LogP contribution in [0.1, 0.15) is 11.4 Å². The number of hydrogen-bond acceptors (Lipinski definition) is 3. The quantitative estimate of drug-likeness (QED) is 0.812. The number of nitrogens with one attached hydrogen (secondary N) is 1. The molecule has 0 radical (unpaired) electrons. The van der Waals surface area contributed by atoms with Gasteiger partial charge in [-0.2, -0.15) is 13.2 Å². The molecule has 1 aromatic rings. The van der Waals surface area contributed by atoms with E-state index in [1.807, 2.05) is 0 Å². The smallest absolute Gasteiger partial charge is 0.351 e. The summed E-state index contributed by atoms with van der Waals surface area (Å²) >= 11 is 0. The maximum atomic E-state index is 11.8. The van der Waals surface area contributed by atoms with Gasteiger partial charge in [-0.05, 0) is 19.9 Å². The van der Waals surface area contributed by atoms with Crippen LogP contribution in [0.15, 0.2) is 18.2 Å². The molecule has 0 bridgehead atoms. The van der Waals surface area contributed by atoms with Gasteiger partial charge in [-0.25, -0.2) is 9.97 Å².